The standard InChI is InChI=1S/C30H23BrN2O2S2/c1-2-35-28(34)27-32-33(24-19-17-23(31)18-20-24)30(36-27)26-16-10-9-15-25(26)29(37-30,21-11-5-3-6-12-21)22-13-7-4-8-14-22/h3-20H,2H2,1H3/t30-/m1/s1. The molecular formula is C30H23BrN2O2S2. The number of benzene rings is 4. The summed E-state index contributed by atoms with van der Waals surface area (Å²) < 4.78 is 5.15. The zero-order valence-electron chi connectivity index (χ0n) is 20.0. The molecule has 1 spiro atoms. The number of ether oxygens (including phenoxy) is 1. The number of rotatable bonds is 5. The lowest BCUT2D eigenvalue weighted by Gasteiger charge is -2.37. The normalized spacial score (nSPS) is 19.5. The van der Waals surface area contributed by atoms with Gasteiger partial charge >= 0.3 is 5.97 Å². The predicted octanol–water partition coefficient (Wildman–Crippen LogP) is 7.73. The molecule has 4 aromatic rings. The Morgan fingerprint density at radius 1 is 0.838 bits per heavy atom. The highest BCUT2D eigenvalue weighted by Crippen LogP contribution is 2.70. The predicted molar refractivity (Wildman–Crippen MR) is 157 cm³/mol. The van der Waals surface area contributed by atoms with Crippen LogP contribution in [-0.2, 0) is 18.5 Å². The topological polar surface area (TPSA) is 41.9 Å². The first-order valence-electron chi connectivity index (χ1n) is 12.0. The molecular weight excluding hydrogens is 564 g/mol. The minimum atomic E-state index is -0.724. The minimum Gasteiger partial charge on any atom is -0.461 e. The first-order valence-corrected chi connectivity index (χ1v) is 14.4. The smallest absolute Gasteiger partial charge is 0.365 e. The van der Waals surface area contributed by atoms with E-state index in [1.165, 1.54) is 28.5 Å². The molecule has 4 nitrogen and oxygen atoms in total. The summed E-state index contributed by atoms with van der Waals surface area (Å²) in [4.78, 5) is 13.0. The van der Waals surface area contributed by atoms with Gasteiger partial charge in [-0.3, -0.25) is 0 Å². The molecule has 0 aromatic heterocycles. The molecule has 1 atom stereocenters. The van der Waals surface area contributed by atoms with Gasteiger partial charge in [-0.05, 0) is 47.9 Å². The fraction of sp³-hybridized carbons (Fsp3) is 0.133. The molecule has 0 bridgehead atoms. The third-order valence-corrected chi connectivity index (χ3v) is 10.3. The van der Waals surface area contributed by atoms with Crippen LogP contribution < -0.4 is 5.01 Å². The van der Waals surface area contributed by atoms with Crippen LogP contribution in [0.5, 0.6) is 0 Å². The van der Waals surface area contributed by atoms with Gasteiger partial charge in [0.15, 0.2) is 4.20 Å². The van der Waals surface area contributed by atoms with Crippen molar-refractivity contribution in [3.63, 3.8) is 0 Å². The average Bonchev–Trinajstić information content (AvgIpc) is 3.48. The maximum absolute atomic E-state index is 13.0. The van der Waals surface area contributed by atoms with E-state index in [1.807, 2.05) is 48.3 Å². The summed E-state index contributed by atoms with van der Waals surface area (Å²) >= 11 is 6.82. The van der Waals surface area contributed by atoms with Gasteiger partial charge in [0.2, 0.25) is 5.04 Å². The van der Waals surface area contributed by atoms with Crippen molar-refractivity contribution in [3.8, 4) is 0 Å². The third kappa shape index (κ3) is 3.92. The number of carbonyl (C=O) groups excluding carboxylic acids is 1. The van der Waals surface area contributed by atoms with Gasteiger partial charge in [-0.15, -0.1) is 0 Å². The number of hydrazone groups is 1. The van der Waals surface area contributed by atoms with E-state index >= 15 is 0 Å². The summed E-state index contributed by atoms with van der Waals surface area (Å²) in [5.41, 5.74) is 5.55. The molecule has 0 aliphatic carbocycles. The van der Waals surface area contributed by atoms with Crippen molar-refractivity contribution >= 4 is 56.2 Å². The molecule has 2 heterocycles. The first-order chi connectivity index (χ1) is 18.1. The zero-order chi connectivity index (χ0) is 25.5. The van der Waals surface area contributed by atoms with E-state index in [0.29, 0.717) is 11.7 Å². The lowest BCUT2D eigenvalue weighted by Crippen LogP contribution is -2.34. The summed E-state index contributed by atoms with van der Waals surface area (Å²) in [6, 6.07) is 37.8. The highest BCUT2D eigenvalue weighted by Gasteiger charge is 2.61. The molecule has 37 heavy (non-hydrogen) atoms. The number of hydrogen-bond acceptors (Lipinski definition) is 6. The van der Waals surface area contributed by atoms with Crippen LogP contribution in [-0.4, -0.2) is 17.6 Å². The summed E-state index contributed by atoms with van der Waals surface area (Å²) in [6.07, 6.45) is 0. The van der Waals surface area contributed by atoms with Crippen molar-refractivity contribution in [1.29, 1.82) is 0 Å². The van der Waals surface area contributed by atoms with Gasteiger partial charge in [-0.25, -0.2) is 9.80 Å². The highest BCUT2D eigenvalue weighted by molar-refractivity contribution is 9.10. The Morgan fingerprint density at radius 3 is 2.00 bits per heavy atom. The summed E-state index contributed by atoms with van der Waals surface area (Å²) in [5.74, 6) is -0.401. The SMILES string of the molecule is CCOC(=O)C1=NN(c2ccc(Br)cc2)[C@]2(S1)SC(c1ccccc1)(c1ccccc1)c1ccccc12. The van der Waals surface area contributed by atoms with E-state index in [0.717, 1.165) is 15.7 Å². The first kappa shape index (κ1) is 24.3. The van der Waals surface area contributed by atoms with Gasteiger partial charge in [0.05, 0.1) is 17.0 Å². The van der Waals surface area contributed by atoms with E-state index in [9.17, 15) is 4.79 Å². The number of halogens is 1. The maximum atomic E-state index is 13.0. The minimum absolute atomic E-state index is 0.297. The van der Waals surface area contributed by atoms with Crippen LogP contribution in [0.15, 0.2) is 119 Å². The quantitative estimate of drug-likeness (QED) is 0.224. The van der Waals surface area contributed by atoms with E-state index < -0.39 is 14.9 Å². The maximum Gasteiger partial charge on any atom is 0.365 e. The largest absolute Gasteiger partial charge is 0.461 e. The van der Waals surface area contributed by atoms with Crippen molar-refractivity contribution in [2.75, 3.05) is 11.6 Å². The monoisotopic (exact) mass is 586 g/mol. The van der Waals surface area contributed by atoms with Crippen molar-refractivity contribution in [1.82, 2.24) is 0 Å². The van der Waals surface area contributed by atoms with Crippen LogP contribution in [0.2, 0.25) is 0 Å². The fourth-order valence-corrected chi connectivity index (χ4v) is 8.82. The van der Waals surface area contributed by atoms with Crippen molar-refractivity contribution in [2.24, 2.45) is 5.10 Å². The number of thioether (sulfide) groups is 2. The van der Waals surface area contributed by atoms with Crippen molar-refractivity contribution in [3.05, 3.63) is 136 Å². The molecule has 2 aliphatic heterocycles. The van der Waals surface area contributed by atoms with Gasteiger partial charge in [0, 0.05) is 10.0 Å². The molecule has 0 fully saturated rings. The number of hydrogen-bond donors (Lipinski definition) is 0. The Bertz CT molecular complexity index is 1440. The lowest BCUT2D eigenvalue weighted by molar-refractivity contribution is -0.134. The highest BCUT2D eigenvalue weighted by atomic mass is 79.9. The average molecular weight is 588 g/mol. The van der Waals surface area contributed by atoms with E-state index in [2.05, 4.69) is 88.7 Å². The molecule has 0 saturated heterocycles. The van der Waals surface area contributed by atoms with Crippen LogP contribution in [0.3, 0.4) is 0 Å². The van der Waals surface area contributed by atoms with Gasteiger partial charge in [-0.2, -0.15) is 5.10 Å². The molecule has 2 aliphatic rings. The van der Waals surface area contributed by atoms with Gasteiger partial charge < -0.3 is 4.74 Å². The Labute approximate surface area is 233 Å². The number of carbonyl (C=O) groups is 1. The Morgan fingerprint density at radius 2 is 1.41 bits per heavy atom. The molecule has 184 valence electrons. The molecule has 6 rings (SSSR count). The number of esters is 1. The van der Waals surface area contributed by atoms with Crippen molar-refractivity contribution in [2.45, 2.75) is 15.9 Å². The number of nitrogens with zero attached hydrogens (tertiary/aromatic N) is 2. The number of fused-ring (bicyclic) bond motifs is 2. The second kappa shape index (κ2) is 9.71. The van der Waals surface area contributed by atoms with Crippen LogP contribution >= 0.6 is 39.5 Å². The van der Waals surface area contributed by atoms with Crippen LogP contribution in [0.1, 0.15) is 29.2 Å². The molecule has 7 heteroatoms. The van der Waals surface area contributed by atoms with E-state index in [4.69, 9.17) is 9.84 Å². The molecule has 0 saturated carbocycles. The van der Waals surface area contributed by atoms with Crippen molar-refractivity contribution < 1.29 is 9.53 Å². The summed E-state index contributed by atoms with van der Waals surface area (Å²) in [7, 11) is 0. The summed E-state index contributed by atoms with van der Waals surface area (Å²) in [6.45, 7) is 2.11. The molecule has 4 aromatic carbocycles. The second-order valence-electron chi connectivity index (χ2n) is 8.66. The molecule has 0 amide bonds. The zero-order valence-corrected chi connectivity index (χ0v) is 23.2. The third-order valence-electron chi connectivity index (χ3n) is 6.52. The van der Waals surface area contributed by atoms with E-state index in [-0.39, 0.29) is 0 Å². The van der Waals surface area contributed by atoms with Gasteiger partial charge in [0.25, 0.3) is 0 Å². The van der Waals surface area contributed by atoms with E-state index in [1.54, 1.807) is 11.8 Å². The van der Waals surface area contributed by atoms with Crippen LogP contribution in [0.25, 0.3) is 0 Å². The van der Waals surface area contributed by atoms with Crippen LogP contribution in [0.4, 0.5) is 5.69 Å². The molecule has 0 N–H and O–H groups in total. The van der Waals surface area contributed by atoms with Gasteiger partial charge in [-0.1, -0.05) is 124 Å². The molecule has 0 unspecified atom stereocenters. The fourth-order valence-electron chi connectivity index (χ4n) is 4.99. The number of anilines is 1. The summed E-state index contributed by atoms with van der Waals surface area (Å²) in [5, 5.41) is 7.24. The molecule has 0 radical (unpaired) electrons. The Kier molecular flexibility index (Phi) is 6.39. The second-order valence-corrected chi connectivity index (χ2v) is 12.4. The van der Waals surface area contributed by atoms with Gasteiger partial charge in [0.1, 0.15) is 0 Å². The Balaban J connectivity index is 1.62. The van der Waals surface area contributed by atoms with Crippen LogP contribution in [0, 0.1) is 0 Å². The lowest BCUT2D eigenvalue weighted by atomic mass is 9.82. The Hall–Kier alpha value is -3.00.